The van der Waals surface area contributed by atoms with E-state index in [0.717, 1.165) is 22.4 Å². The summed E-state index contributed by atoms with van der Waals surface area (Å²) >= 11 is 7.92. The number of anilines is 1. The molecule has 126 valence electrons. The highest BCUT2D eigenvalue weighted by Crippen LogP contribution is 2.53. The summed E-state index contributed by atoms with van der Waals surface area (Å²) in [5.41, 5.74) is 3.38. The first kappa shape index (κ1) is 17.2. The van der Waals surface area contributed by atoms with Gasteiger partial charge in [-0.1, -0.05) is 54.1 Å². The van der Waals surface area contributed by atoms with Crippen molar-refractivity contribution >= 4 is 35.0 Å². The Morgan fingerprint density at radius 1 is 1.12 bits per heavy atom. The Bertz CT molecular complexity index is 781. The van der Waals surface area contributed by atoms with E-state index in [0.29, 0.717) is 0 Å². The summed E-state index contributed by atoms with van der Waals surface area (Å²) in [7, 11) is 0. The molecule has 1 saturated heterocycles. The van der Waals surface area contributed by atoms with Crippen molar-refractivity contribution in [1.29, 1.82) is 0 Å². The van der Waals surface area contributed by atoms with Crippen LogP contribution in [0.25, 0.3) is 0 Å². The van der Waals surface area contributed by atoms with E-state index in [4.69, 9.17) is 11.6 Å². The van der Waals surface area contributed by atoms with E-state index in [-0.39, 0.29) is 0 Å². The van der Waals surface area contributed by atoms with Gasteiger partial charge in [0.1, 0.15) is 5.25 Å². The molecular weight excluding hydrogens is 342 g/mol. The van der Waals surface area contributed by atoms with E-state index in [2.05, 4.69) is 4.90 Å². The van der Waals surface area contributed by atoms with Crippen LogP contribution in [0.1, 0.15) is 23.6 Å². The number of hydrogen-bond donors (Lipinski definition) is 1. The van der Waals surface area contributed by atoms with Gasteiger partial charge in [-0.05, 0) is 43.5 Å². The fraction of sp³-hybridized carbons (Fsp3) is 0.316. The third kappa shape index (κ3) is 2.58. The molecule has 3 unspecified atom stereocenters. The van der Waals surface area contributed by atoms with Gasteiger partial charge in [-0.15, -0.1) is 11.8 Å². The highest BCUT2D eigenvalue weighted by Gasteiger charge is 2.55. The van der Waals surface area contributed by atoms with Crippen LogP contribution >= 0.6 is 23.4 Å². The summed E-state index contributed by atoms with van der Waals surface area (Å²) in [5, 5.41) is 9.19. The molecule has 1 N–H and O–H groups in total. The van der Waals surface area contributed by atoms with Gasteiger partial charge < -0.3 is 10.0 Å². The SMILES string of the molecule is Cc1ccccc1N1C(Cl)SC(C(=O)O)C1(C)c1ccccc1C. The number of alkyl halides is 1. The molecule has 0 amide bonds. The maximum atomic E-state index is 12.0. The average molecular weight is 362 g/mol. The molecule has 3 rings (SSSR count). The van der Waals surface area contributed by atoms with Crippen molar-refractivity contribution in [3.05, 3.63) is 65.2 Å². The predicted molar refractivity (Wildman–Crippen MR) is 101 cm³/mol. The molecule has 0 radical (unpaired) electrons. The van der Waals surface area contributed by atoms with Crippen LogP contribution in [0.5, 0.6) is 0 Å². The molecule has 24 heavy (non-hydrogen) atoms. The largest absolute Gasteiger partial charge is 0.480 e. The lowest BCUT2D eigenvalue weighted by Crippen LogP contribution is -2.49. The number of halogens is 1. The van der Waals surface area contributed by atoms with Crippen LogP contribution in [0.15, 0.2) is 48.5 Å². The van der Waals surface area contributed by atoms with Crippen molar-refractivity contribution in [3.63, 3.8) is 0 Å². The third-order valence-corrected chi connectivity index (χ3v) is 6.62. The van der Waals surface area contributed by atoms with Crippen LogP contribution in [0.4, 0.5) is 5.69 Å². The third-order valence-electron chi connectivity index (χ3n) is 4.75. The molecule has 1 heterocycles. The van der Waals surface area contributed by atoms with Crippen molar-refractivity contribution < 1.29 is 9.90 Å². The maximum Gasteiger partial charge on any atom is 0.319 e. The summed E-state index contributed by atoms with van der Waals surface area (Å²) < 4.78 is 0. The van der Waals surface area contributed by atoms with Gasteiger partial charge in [0.25, 0.3) is 0 Å². The predicted octanol–water partition coefficient (Wildman–Crippen LogP) is 4.75. The monoisotopic (exact) mass is 361 g/mol. The topological polar surface area (TPSA) is 40.5 Å². The number of benzene rings is 2. The molecule has 3 nitrogen and oxygen atoms in total. The fourth-order valence-corrected chi connectivity index (χ4v) is 5.46. The lowest BCUT2D eigenvalue weighted by atomic mass is 9.83. The first-order valence-corrected chi connectivity index (χ1v) is 9.18. The zero-order valence-electron chi connectivity index (χ0n) is 13.9. The molecule has 1 fully saturated rings. The highest BCUT2D eigenvalue weighted by atomic mass is 35.5. The van der Waals surface area contributed by atoms with Gasteiger partial charge in [0.2, 0.25) is 0 Å². The Morgan fingerprint density at radius 2 is 1.71 bits per heavy atom. The van der Waals surface area contributed by atoms with Crippen LogP contribution in [0.2, 0.25) is 0 Å². The molecule has 1 aliphatic rings. The summed E-state index contributed by atoms with van der Waals surface area (Å²) in [5.74, 6) is -0.840. The molecule has 0 saturated carbocycles. The second-order valence-electron chi connectivity index (χ2n) is 6.27. The Morgan fingerprint density at radius 3 is 2.29 bits per heavy atom. The van der Waals surface area contributed by atoms with Crippen molar-refractivity contribution in [2.45, 2.75) is 36.4 Å². The molecule has 0 aliphatic carbocycles. The lowest BCUT2D eigenvalue weighted by molar-refractivity contribution is -0.137. The van der Waals surface area contributed by atoms with Crippen LogP contribution in [-0.4, -0.2) is 21.2 Å². The lowest BCUT2D eigenvalue weighted by Gasteiger charge is -2.41. The standard InChI is InChI=1S/C19H20ClNO2S/c1-12-8-4-6-10-14(12)19(3)16(17(22)23)24-18(20)21(19)15-11-7-5-9-13(15)2/h4-11,16,18H,1-3H3,(H,22,23). The van der Waals surface area contributed by atoms with Gasteiger partial charge in [0.15, 0.2) is 4.83 Å². The number of rotatable bonds is 3. The first-order valence-electron chi connectivity index (χ1n) is 7.80. The van der Waals surface area contributed by atoms with Crippen LogP contribution in [0, 0.1) is 13.8 Å². The van der Waals surface area contributed by atoms with Crippen molar-refractivity contribution in [2.24, 2.45) is 0 Å². The molecule has 0 bridgehead atoms. The van der Waals surface area contributed by atoms with E-state index in [1.54, 1.807) is 0 Å². The zero-order valence-corrected chi connectivity index (χ0v) is 15.4. The van der Waals surface area contributed by atoms with Crippen molar-refractivity contribution in [2.75, 3.05) is 4.90 Å². The molecule has 1 aliphatic heterocycles. The van der Waals surface area contributed by atoms with Crippen LogP contribution < -0.4 is 4.90 Å². The van der Waals surface area contributed by atoms with E-state index >= 15 is 0 Å². The molecule has 2 aromatic rings. The number of aliphatic carboxylic acids is 1. The highest BCUT2D eigenvalue weighted by molar-refractivity contribution is 8.02. The van der Waals surface area contributed by atoms with Gasteiger partial charge in [-0.3, -0.25) is 4.79 Å². The zero-order chi connectivity index (χ0) is 17.5. The second-order valence-corrected chi connectivity index (χ2v) is 8.13. The van der Waals surface area contributed by atoms with Gasteiger partial charge in [0.05, 0.1) is 5.54 Å². The summed E-state index contributed by atoms with van der Waals surface area (Å²) in [6.45, 7) is 6.02. The van der Waals surface area contributed by atoms with Gasteiger partial charge in [-0.2, -0.15) is 0 Å². The minimum Gasteiger partial charge on any atom is -0.480 e. The summed E-state index contributed by atoms with van der Waals surface area (Å²) in [6, 6.07) is 15.9. The van der Waals surface area contributed by atoms with E-state index in [9.17, 15) is 9.90 Å². The number of hydrogen-bond acceptors (Lipinski definition) is 3. The molecule has 0 aromatic heterocycles. The average Bonchev–Trinajstić information content (AvgIpc) is 2.81. The Labute approximate surface area is 151 Å². The number of nitrogens with zero attached hydrogens (tertiary/aromatic N) is 1. The maximum absolute atomic E-state index is 12.0. The number of aryl methyl sites for hydroxylation is 2. The van der Waals surface area contributed by atoms with Gasteiger partial charge in [0, 0.05) is 5.69 Å². The smallest absolute Gasteiger partial charge is 0.319 e. The minimum atomic E-state index is -0.840. The second kappa shape index (κ2) is 6.34. The quantitative estimate of drug-likeness (QED) is 0.632. The normalized spacial score (nSPS) is 26.6. The number of thioether (sulfide) groups is 1. The summed E-state index contributed by atoms with van der Waals surface area (Å²) in [4.78, 5) is 13.6. The minimum absolute atomic E-state index is 0.447. The molecule has 5 heteroatoms. The molecular formula is C19H20ClNO2S. The number of carbonyl (C=O) groups is 1. The number of carboxylic acid groups (broad SMARTS) is 1. The fourth-order valence-electron chi connectivity index (χ4n) is 3.55. The molecule has 2 aromatic carbocycles. The Balaban J connectivity index is 2.25. The van der Waals surface area contributed by atoms with Crippen LogP contribution in [0.3, 0.4) is 0 Å². The van der Waals surface area contributed by atoms with Crippen molar-refractivity contribution in [1.82, 2.24) is 0 Å². The van der Waals surface area contributed by atoms with Crippen LogP contribution in [-0.2, 0) is 10.3 Å². The number of para-hydroxylation sites is 1. The Hall–Kier alpha value is -1.65. The Kier molecular flexibility index (Phi) is 4.54. The molecule has 0 spiro atoms. The number of carboxylic acids is 1. The van der Waals surface area contributed by atoms with E-state index in [1.807, 2.05) is 69.3 Å². The van der Waals surface area contributed by atoms with E-state index < -0.39 is 21.6 Å². The van der Waals surface area contributed by atoms with Gasteiger partial charge >= 0.3 is 5.97 Å². The van der Waals surface area contributed by atoms with E-state index in [1.165, 1.54) is 11.8 Å². The first-order chi connectivity index (χ1) is 11.4. The van der Waals surface area contributed by atoms with Crippen molar-refractivity contribution in [3.8, 4) is 0 Å². The molecule has 3 atom stereocenters. The summed E-state index contributed by atoms with van der Waals surface area (Å²) in [6.07, 6.45) is 0. The van der Waals surface area contributed by atoms with Gasteiger partial charge in [-0.25, -0.2) is 0 Å².